The Kier molecular flexibility index (Phi) is 4.04. The number of benzene rings is 1. The minimum atomic E-state index is -4.24. The summed E-state index contributed by atoms with van der Waals surface area (Å²) in [6.45, 7) is 1.64. The zero-order valence-electron chi connectivity index (χ0n) is 8.08. The van der Waals surface area contributed by atoms with Crippen molar-refractivity contribution in [3.05, 3.63) is 29.8 Å². The van der Waals surface area contributed by atoms with Crippen molar-refractivity contribution in [2.45, 2.75) is 29.9 Å². The maximum absolute atomic E-state index is 12.0. The number of halogens is 3. The highest BCUT2D eigenvalue weighted by Crippen LogP contribution is 2.36. The van der Waals surface area contributed by atoms with Gasteiger partial charge in [-0.2, -0.15) is 13.2 Å². The fourth-order valence-electron chi connectivity index (χ4n) is 1.17. The SMILES string of the molecule is CC(O)Cc1ccc(SC(F)(F)F)cc1. The van der Waals surface area contributed by atoms with Gasteiger partial charge >= 0.3 is 5.51 Å². The molecule has 0 aromatic heterocycles. The second kappa shape index (κ2) is 4.90. The molecule has 0 saturated heterocycles. The topological polar surface area (TPSA) is 20.2 Å². The largest absolute Gasteiger partial charge is 0.446 e. The molecule has 0 saturated carbocycles. The lowest BCUT2D eigenvalue weighted by Gasteiger charge is -2.07. The van der Waals surface area contributed by atoms with Crippen LogP contribution in [-0.2, 0) is 6.42 Å². The van der Waals surface area contributed by atoms with Crippen molar-refractivity contribution in [1.82, 2.24) is 0 Å². The summed E-state index contributed by atoms with van der Waals surface area (Å²) in [5.41, 5.74) is -3.41. The van der Waals surface area contributed by atoms with Gasteiger partial charge in [-0.1, -0.05) is 12.1 Å². The summed E-state index contributed by atoms with van der Waals surface area (Å²) in [4.78, 5) is 0.164. The first kappa shape index (κ1) is 12.4. The Labute approximate surface area is 90.3 Å². The van der Waals surface area contributed by atoms with Crippen molar-refractivity contribution < 1.29 is 18.3 Å². The van der Waals surface area contributed by atoms with Crippen molar-refractivity contribution in [2.24, 2.45) is 0 Å². The summed E-state index contributed by atoms with van der Waals surface area (Å²) in [7, 11) is 0. The molecule has 0 spiro atoms. The Morgan fingerprint density at radius 2 is 1.80 bits per heavy atom. The van der Waals surface area contributed by atoms with Crippen LogP contribution in [0.1, 0.15) is 12.5 Å². The number of alkyl halides is 3. The Morgan fingerprint density at radius 3 is 2.20 bits per heavy atom. The fraction of sp³-hybridized carbons (Fsp3) is 0.400. The molecule has 0 fully saturated rings. The molecule has 15 heavy (non-hydrogen) atoms. The first-order chi connectivity index (χ1) is 6.87. The maximum Gasteiger partial charge on any atom is 0.446 e. The molecule has 0 bridgehead atoms. The number of aliphatic hydroxyl groups excluding tert-OH is 1. The van der Waals surface area contributed by atoms with Gasteiger partial charge in [-0.05, 0) is 42.8 Å². The van der Waals surface area contributed by atoms with E-state index in [0.29, 0.717) is 6.42 Å². The third-order valence-corrected chi connectivity index (χ3v) is 2.43. The normalized spacial score (nSPS) is 13.9. The van der Waals surface area contributed by atoms with E-state index in [1.54, 1.807) is 19.1 Å². The van der Waals surface area contributed by atoms with E-state index >= 15 is 0 Å². The summed E-state index contributed by atoms with van der Waals surface area (Å²) < 4.78 is 35.9. The van der Waals surface area contributed by atoms with Gasteiger partial charge in [0.2, 0.25) is 0 Å². The zero-order valence-corrected chi connectivity index (χ0v) is 8.90. The summed E-state index contributed by atoms with van der Waals surface area (Å²) in [5.74, 6) is 0. The molecule has 0 heterocycles. The highest BCUT2D eigenvalue weighted by atomic mass is 32.2. The number of aliphatic hydroxyl groups is 1. The highest BCUT2D eigenvalue weighted by Gasteiger charge is 2.28. The monoisotopic (exact) mass is 236 g/mol. The maximum atomic E-state index is 12.0. The first-order valence-corrected chi connectivity index (χ1v) is 5.21. The average molecular weight is 236 g/mol. The Bertz CT molecular complexity index is 305. The number of hydrogen-bond donors (Lipinski definition) is 1. The van der Waals surface area contributed by atoms with E-state index in [9.17, 15) is 13.2 Å². The van der Waals surface area contributed by atoms with Gasteiger partial charge in [0.1, 0.15) is 0 Å². The second-order valence-electron chi connectivity index (χ2n) is 3.24. The molecule has 1 atom stereocenters. The lowest BCUT2D eigenvalue weighted by atomic mass is 10.1. The third kappa shape index (κ3) is 5.09. The molecular formula is C10H11F3OS. The van der Waals surface area contributed by atoms with Crippen molar-refractivity contribution >= 4 is 11.8 Å². The molecule has 0 aliphatic carbocycles. The molecule has 1 aromatic rings. The Hall–Kier alpha value is -0.680. The van der Waals surface area contributed by atoms with Crippen LogP contribution in [0.15, 0.2) is 29.2 Å². The van der Waals surface area contributed by atoms with Crippen LogP contribution in [0.5, 0.6) is 0 Å². The van der Waals surface area contributed by atoms with Gasteiger partial charge in [-0.15, -0.1) is 0 Å². The predicted molar refractivity (Wildman–Crippen MR) is 53.7 cm³/mol. The van der Waals surface area contributed by atoms with Crippen molar-refractivity contribution in [1.29, 1.82) is 0 Å². The van der Waals surface area contributed by atoms with E-state index in [1.807, 2.05) is 0 Å². The zero-order chi connectivity index (χ0) is 11.5. The van der Waals surface area contributed by atoms with Crippen LogP contribution < -0.4 is 0 Å². The standard InChI is InChI=1S/C10H11F3OS/c1-7(14)6-8-2-4-9(5-3-8)15-10(11,12)13/h2-5,7,14H,6H2,1H3. The molecule has 1 aromatic carbocycles. The van der Waals surface area contributed by atoms with Gasteiger partial charge in [-0.3, -0.25) is 0 Å². The van der Waals surface area contributed by atoms with E-state index in [2.05, 4.69) is 0 Å². The van der Waals surface area contributed by atoms with Crippen molar-refractivity contribution in [3.63, 3.8) is 0 Å². The van der Waals surface area contributed by atoms with E-state index in [0.717, 1.165) is 5.56 Å². The van der Waals surface area contributed by atoms with E-state index in [-0.39, 0.29) is 16.7 Å². The molecule has 0 amide bonds. The lowest BCUT2D eigenvalue weighted by molar-refractivity contribution is -0.0328. The molecule has 84 valence electrons. The molecule has 1 unspecified atom stereocenters. The molecule has 1 nitrogen and oxygen atoms in total. The molecular weight excluding hydrogens is 225 g/mol. The molecule has 0 radical (unpaired) electrons. The predicted octanol–water partition coefficient (Wildman–Crippen LogP) is 3.22. The molecule has 1 rings (SSSR count). The van der Waals surface area contributed by atoms with Gasteiger partial charge in [0.25, 0.3) is 0 Å². The quantitative estimate of drug-likeness (QED) is 0.813. The summed E-state index contributed by atoms with van der Waals surface area (Å²) in [6.07, 6.45) is -0.0251. The van der Waals surface area contributed by atoms with Gasteiger partial charge in [-0.25, -0.2) is 0 Å². The van der Waals surface area contributed by atoms with Crippen molar-refractivity contribution in [2.75, 3.05) is 0 Å². The second-order valence-corrected chi connectivity index (χ2v) is 4.38. The van der Waals surface area contributed by atoms with E-state index in [4.69, 9.17) is 5.11 Å². The Balaban J connectivity index is 2.64. The van der Waals surface area contributed by atoms with Crippen LogP contribution in [0.2, 0.25) is 0 Å². The summed E-state index contributed by atoms with van der Waals surface area (Å²) in [6, 6.07) is 6.02. The van der Waals surface area contributed by atoms with Crippen LogP contribution >= 0.6 is 11.8 Å². The van der Waals surface area contributed by atoms with Crippen LogP contribution in [0.25, 0.3) is 0 Å². The summed E-state index contributed by atoms with van der Waals surface area (Å²) in [5, 5.41) is 9.08. The number of thioether (sulfide) groups is 1. The molecule has 0 aliphatic rings. The fourth-order valence-corrected chi connectivity index (χ4v) is 1.71. The number of hydrogen-bond acceptors (Lipinski definition) is 2. The van der Waals surface area contributed by atoms with Gasteiger partial charge in [0, 0.05) is 4.90 Å². The van der Waals surface area contributed by atoms with Gasteiger partial charge < -0.3 is 5.11 Å². The molecule has 1 N–H and O–H groups in total. The van der Waals surface area contributed by atoms with Crippen LogP contribution in [-0.4, -0.2) is 16.7 Å². The average Bonchev–Trinajstić information content (AvgIpc) is 2.05. The lowest BCUT2D eigenvalue weighted by Crippen LogP contribution is -2.04. The minimum absolute atomic E-state index is 0.134. The van der Waals surface area contributed by atoms with Crippen LogP contribution in [0.4, 0.5) is 13.2 Å². The third-order valence-electron chi connectivity index (χ3n) is 1.69. The van der Waals surface area contributed by atoms with E-state index in [1.165, 1.54) is 12.1 Å². The van der Waals surface area contributed by atoms with Gasteiger partial charge in [0.15, 0.2) is 0 Å². The van der Waals surface area contributed by atoms with Gasteiger partial charge in [0.05, 0.1) is 6.10 Å². The number of rotatable bonds is 3. The smallest absolute Gasteiger partial charge is 0.393 e. The van der Waals surface area contributed by atoms with E-state index < -0.39 is 11.6 Å². The van der Waals surface area contributed by atoms with Crippen molar-refractivity contribution in [3.8, 4) is 0 Å². The van der Waals surface area contributed by atoms with Crippen LogP contribution in [0, 0.1) is 0 Å². The highest BCUT2D eigenvalue weighted by molar-refractivity contribution is 8.00. The Morgan fingerprint density at radius 1 is 1.27 bits per heavy atom. The van der Waals surface area contributed by atoms with Crippen LogP contribution in [0.3, 0.4) is 0 Å². The first-order valence-electron chi connectivity index (χ1n) is 4.39. The molecule has 0 aliphatic heterocycles. The summed E-state index contributed by atoms with van der Waals surface area (Å²) >= 11 is -0.134. The molecule has 5 heteroatoms. The minimum Gasteiger partial charge on any atom is -0.393 e.